The van der Waals surface area contributed by atoms with Crippen LogP contribution in [0.1, 0.15) is 27.8 Å². The second-order valence-electron chi connectivity index (χ2n) is 5.22. The van der Waals surface area contributed by atoms with Crippen LogP contribution in [0.5, 0.6) is 0 Å². The van der Waals surface area contributed by atoms with E-state index in [0.29, 0.717) is 13.2 Å². The van der Waals surface area contributed by atoms with Crippen LogP contribution in [0, 0.1) is 20.8 Å². The van der Waals surface area contributed by atoms with E-state index >= 15 is 0 Å². The van der Waals surface area contributed by atoms with Gasteiger partial charge in [0.2, 0.25) is 0 Å². The van der Waals surface area contributed by atoms with Gasteiger partial charge in [0.25, 0.3) is 0 Å². The molecule has 0 amide bonds. The van der Waals surface area contributed by atoms with Crippen LogP contribution in [-0.4, -0.2) is 6.61 Å². The van der Waals surface area contributed by atoms with E-state index in [1.165, 1.54) is 27.8 Å². The third-order valence-corrected chi connectivity index (χ3v) is 3.35. The van der Waals surface area contributed by atoms with Gasteiger partial charge in [-0.1, -0.05) is 60.2 Å². The van der Waals surface area contributed by atoms with E-state index in [2.05, 4.69) is 57.2 Å². The van der Waals surface area contributed by atoms with Crippen molar-refractivity contribution in [2.75, 3.05) is 6.61 Å². The summed E-state index contributed by atoms with van der Waals surface area (Å²) < 4.78 is 5.66. The number of hydrogen-bond acceptors (Lipinski definition) is 1. The Hall–Kier alpha value is -1.86. The Bertz CT molecular complexity index is 559. The van der Waals surface area contributed by atoms with Crippen LogP contribution in [0.15, 0.2) is 48.5 Å². The normalized spacial score (nSPS) is 11.2. The molecule has 104 valence electrons. The predicted octanol–water partition coefficient (Wildman–Crippen LogP) is 4.84. The molecule has 0 aromatic heterocycles. The summed E-state index contributed by atoms with van der Waals surface area (Å²) in [5, 5.41) is 0. The van der Waals surface area contributed by atoms with E-state index in [1.807, 2.05) is 18.2 Å². The molecule has 0 atom stereocenters. The zero-order valence-corrected chi connectivity index (χ0v) is 12.5. The van der Waals surface area contributed by atoms with Crippen LogP contribution in [0.2, 0.25) is 0 Å². The number of rotatable bonds is 5. The zero-order chi connectivity index (χ0) is 14.4. The average Bonchev–Trinajstić information content (AvgIpc) is 2.42. The minimum absolute atomic E-state index is 0.641. The molecule has 0 aliphatic heterocycles. The first kappa shape index (κ1) is 14.5. The molecule has 1 heteroatoms. The van der Waals surface area contributed by atoms with Crippen LogP contribution < -0.4 is 0 Å². The fourth-order valence-corrected chi connectivity index (χ4v) is 2.44. The molecule has 0 radical (unpaired) electrons. The van der Waals surface area contributed by atoms with Crippen molar-refractivity contribution in [3.8, 4) is 0 Å². The van der Waals surface area contributed by atoms with Gasteiger partial charge in [0.15, 0.2) is 0 Å². The molecule has 2 rings (SSSR count). The van der Waals surface area contributed by atoms with Gasteiger partial charge in [0.1, 0.15) is 0 Å². The molecule has 2 aromatic carbocycles. The van der Waals surface area contributed by atoms with E-state index in [-0.39, 0.29) is 0 Å². The maximum atomic E-state index is 5.66. The zero-order valence-electron chi connectivity index (χ0n) is 12.5. The smallest absolute Gasteiger partial charge is 0.0721 e. The summed E-state index contributed by atoms with van der Waals surface area (Å²) in [5.74, 6) is 0. The summed E-state index contributed by atoms with van der Waals surface area (Å²) >= 11 is 0. The highest BCUT2D eigenvalue weighted by Gasteiger charge is 1.99. The van der Waals surface area contributed by atoms with Gasteiger partial charge >= 0.3 is 0 Å². The summed E-state index contributed by atoms with van der Waals surface area (Å²) in [6.07, 6.45) is 4.25. The lowest BCUT2D eigenvalue weighted by Gasteiger charge is -2.07. The van der Waals surface area contributed by atoms with Crippen molar-refractivity contribution in [2.45, 2.75) is 27.4 Å². The van der Waals surface area contributed by atoms with Gasteiger partial charge in [-0.05, 0) is 43.0 Å². The number of hydrogen-bond donors (Lipinski definition) is 0. The van der Waals surface area contributed by atoms with Crippen molar-refractivity contribution in [3.63, 3.8) is 0 Å². The Morgan fingerprint density at radius 2 is 1.60 bits per heavy atom. The summed E-state index contributed by atoms with van der Waals surface area (Å²) in [4.78, 5) is 0. The van der Waals surface area contributed by atoms with E-state index < -0.39 is 0 Å². The Morgan fingerprint density at radius 3 is 2.25 bits per heavy atom. The minimum Gasteiger partial charge on any atom is -0.373 e. The molecular weight excluding hydrogens is 244 g/mol. The predicted molar refractivity (Wildman–Crippen MR) is 85.8 cm³/mol. The Morgan fingerprint density at radius 1 is 0.950 bits per heavy atom. The van der Waals surface area contributed by atoms with Gasteiger partial charge in [-0.3, -0.25) is 0 Å². The molecule has 1 nitrogen and oxygen atoms in total. The number of aryl methyl sites for hydroxylation is 3. The molecule has 0 heterocycles. The van der Waals surface area contributed by atoms with Crippen LogP contribution in [-0.2, 0) is 11.3 Å². The lowest BCUT2D eigenvalue weighted by molar-refractivity contribution is 0.149. The van der Waals surface area contributed by atoms with E-state index in [9.17, 15) is 0 Å². The fourth-order valence-electron chi connectivity index (χ4n) is 2.44. The van der Waals surface area contributed by atoms with Crippen molar-refractivity contribution in [3.05, 3.63) is 76.4 Å². The molecule has 0 aliphatic carbocycles. The average molecular weight is 266 g/mol. The maximum absolute atomic E-state index is 5.66. The van der Waals surface area contributed by atoms with Crippen molar-refractivity contribution < 1.29 is 4.74 Å². The number of benzene rings is 2. The Kier molecular flexibility index (Phi) is 5.14. The summed E-state index contributed by atoms with van der Waals surface area (Å²) in [6.45, 7) is 7.75. The van der Waals surface area contributed by atoms with E-state index in [1.54, 1.807) is 0 Å². The molecule has 20 heavy (non-hydrogen) atoms. The van der Waals surface area contributed by atoms with Crippen LogP contribution >= 0.6 is 0 Å². The fraction of sp³-hybridized carbons (Fsp3) is 0.263. The first-order valence-corrected chi connectivity index (χ1v) is 7.03. The van der Waals surface area contributed by atoms with Gasteiger partial charge in [0, 0.05) is 0 Å². The molecule has 0 bridgehead atoms. The van der Waals surface area contributed by atoms with Gasteiger partial charge < -0.3 is 4.74 Å². The summed E-state index contributed by atoms with van der Waals surface area (Å²) in [6, 6.07) is 14.7. The van der Waals surface area contributed by atoms with Crippen LogP contribution in [0.3, 0.4) is 0 Å². The largest absolute Gasteiger partial charge is 0.373 e. The third-order valence-electron chi connectivity index (χ3n) is 3.35. The molecule has 0 aliphatic rings. The van der Waals surface area contributed by atoms with E-state index in [0.717, 1.165) is 0 Å². The summed E-state index contributed by atoms with van der Waals surface area (Å²) in [5.41, 5.74) is 6.48. The minimum atomic E-state index is 0.641. The molecule has 2 aromatic rings. The van der Waals surface area contributed by atoms with Gasteiger partial charge in [-0.2, -0.15) is 0 Å². The molecule has 0 fully saturated rings. The highest BCUT2D eigenvalue weighted by atomic mass is 16.5. The van der Waals surface area contributed by atoms with Crippen LogP contribution in [0.4, 0.5) is 0 Å². The quantitative estimate of drug-likeness (QED) is 0.703. The second kappa shape index (κ2) is 7.06. The van der Waals surface area contributed by atoms with E-state index in [4.69, 9.17) is 4.74 Å². The topological polar surface area (TPSA) is 9.23 Å². The lowest BCUT2D eigenvalue weighted by Crippen LogP contribution is -1.93. The lowest BCUT2D eigenvalue weighted by atomic mass is 9.99. The molecule has 0 unspecified atom stereocenters. The molecule has 0 saturated heterocycles. The molecular formula is C19H22O. The van der Waals surface area contributed by atoms with Crippen molar-refractivity contribution in [1.82, 2.24) is 0 Å². The first-order valence-electron chi connectivity index (χ1n) is 7.03. The highest BCUT2D eigenvalue weighted by Crippen LogP contribution is 2.17. The number of ether oxygens (including phenoxy) is 1. The standard InChI is InChI=1S/C19H22O/c1-15-12-16(2)19(17(3)13-15)10-7-11-20-14-18-8-5-4-6-9-18/h4-10,12-13H,11,14H2,1-3H3/b10-7+. The Labute approximate surface area is 121 Å². The van der Waals surface area contributed by atoms with Crippen LogP contribution in [0.25, 0.3) is 6.08 Å². The van der Waals surface area contributed by atoms with Crippen molar-refractivity contribution in [2.24, 2.45) is 0 Å². The first-order chi connectivity index (χ1) is 9.66. The molecule has 0 saturated carbocycles. The maximum Gasteiger partial charge on any atom is 0.0721 e. The monoisotopic (exact) mass is 266 g/mol. The Balaban J connectivity index is 1.88. The van der Waals surface area contributed by atoms with Gasteiger partial charge in [-0.25, -0.2) is 0 Å². The van der Waals surface area contributed by atoms with Crippen molar-refractivity contribution >= 4 is 6.08 Å². The third kappa shape index (κ3) is 4.07. The highest BCUT2D eigenvalue weighted by molar-refractivity contribution is 5.58. The van der Waals surface area contributed by atoms with Crippen molar-refractivity contribution in [1.29, 1.82) is 0 Å². The molecule has 0 N–H and O–H groups in total. The molecule has 0 spiro atoms. The van der Waals surface area contributed by atoms with Gasteiger partial charge in [0.05, 0.1) is 13.2 Å². The second-order valence-corrected chi connectivity index (χ2v) is 5.22. The van der Waals surface area contributed by atoms with Gasteiger partial charge in [-0.15, -0.1) is 0 Å². The SMILES string of the molecule is Cc1cc(C)c(/C=C/COCc2ccccc2)c(C)c1. The summed E-state index contributed by atoms with van der Waals surface area (Å²) in [7, 11) is 0.